The van der Waals surface area contributed by atoms with Gasteiger partial charge in [-0.2, -0.15) is 0 Å². The Hall–Kier alpha value is -1.62. The average Bonchev–Trinajstić information content (AvgIpc) is 2.48. The van der Waals surface area contributed by atoms with E-state index in [-0.39, 0.29) is 11.7 Å². The summed E-state index contributed by atoms with van der Waals surface area (Å²) in [6, 6.07) is 4.26. The second-order valence-corrected chi connectivity index (χ2v) is 5.14. The van der Waals surface area contributed by atoms with Crippen LogP contribution in [0.15, 0.2) is 18.2 Å². The van der Waals surface area contributed by atoms with Crippen molar-refractivity contribution < 1.29 is 13.9 Å². The maximum atomic E-state index is 13.4. The number of benzene rings is 1. The van der Waals surface area contributed by atoms with Gasteiger partial charge in [-0.3, -0.25) is 4.79 Å². The monoisotopic (exact) mass is 280 g/mol. The third-order valence-corrected chi connectivity index (χ3v) is 3.79. The third kappa shape index (κ3) is 3.28. The second kappa shape index (κ2) is 6.70. The Morgan fingerprint density at radius 2 is 2.15 bits per heavy atom. The van der Waals surface area contributed by atoms with Crippen LogP contribution in [0.5, 0.6) is 5.75 Å². The van der Waals surface area contributed by atoms with E-state index >= 15 is 0 Å². The van der Waals surface area contributed by atoms with Crippen molar-refractivity contribution in [2.75, 3.05) is 33.8 Å². The summed E-state index contributed by atoms with van der Waals surface area (Å²) >= 11 is 0. The lowest BCUT2D eigenvalue weighted by atomic mass is 9.96. The van der Waals surface area contributed by atoms with Gasteiger partial charge in [0.2, 0.25) is 0 Å². The first-order valence-corrected chi connectivity index (χ1v) is 6.93. The van der Waals surface area contributed by atoms with Gasteiger partial charge in [-0.05, 0) is 50.6 Å². The topological polar surface area (TPSA) is 41.6 Å². The molecule has 1 aromatic rings. The number of likely N-dealkylation sites (tertiary alicyclic amines) is 1. The van der Waals surface area contributed by atoms with Crippen LogP contribution >= 0.6 is 0 Å². The maximum absolute atomic E-state index is 13.4. The minimum atomic E-state index is -0.447. The van der Waals surface area contributed by atoms with E-state index in [0.29, 0.717) is 11.5 Å². The molecular formula is C15H21FN2O2. The molecule has 1 aromatic carbocycles. The summed E-state index contributed by atoms with van der Waals surface area (Å²) in [5, 5.41) is 3.17. The van der Waals surface area contributed by atoms with Crippen LogP contribution < -0.4 is 10.1 Å². The van der Waals surface area contributed by atoms with Gasteiger partial charge in [0.05, 0.1) is 7.11 Å². The van der Waals surface area contributed by atoms with Crippen molar-refractivity contribution in [3.05, 3.63) is 29.6 Å². The van der Waals surface area contributed by atoms with E-state index in [1.165, 1.54) is 25.3 Å². The molecule has 5 heteroatoms. The summed E-state index contributed by atoms with van der Waals surface area (Å²) in [6.07, 6.45) is 2.01. The van der Waals surface area contributed by atoms with Crippen LogP contribution in [0.2, 0.25) is 0 Å². The highest BCUT2D eigenvalue weighted by atomic mass is 19.1. The van der Waals surface area contributed by atoms with Crippen LogP contribution in [-0.2, 0) is 0 Å². The zero-order valence-electron chi connectivity index (χ0n) is 12.0. The smallest absolute Gasteiger partial charge is 0.253 e. The molecular weight excluding hydrogens is 259 g/mol. The number of nitrogens with zero attached hydrogens (tertiary/aromatic N) is 1. The van der Waals surface area contributed by atoms with Crippen molar-refractivity contribution in [1.29, 1.82) is 0 Å². The Balaban J connectivity index is 2.02. The number of rotatable bonds is 4. The number of carbonyl (C=O) groups excluding carboxylic acids is 1. The van der Waals surface area contributed by atoms with E-state index in [9.17, 15) is 9.18 Å². The van der Waals surface area contributed by atoms with Gasteiger partial charge in [-0.15, -0.1) is 0 Å². The maximum Gasteiger partial charge on any atom is 0.253 e. The fourth-order valence-corrected chi connectivity index (χ4v) is 2.60. The molecule has 2 rings (SSSR count). The van der Waals surface area contributed by atoms with Gasteiger partial charge in [0, 0.05) is 18.7 Å². The summed E-state index contributed by atoms with van der Waals surface area (Å²) < 4.78 is 18.3. The number of carbonyl (C=O) groups is 1. The normalized spacial score (nSPS) is 16.2. The molecule has 1 aliphatic rings. The molecule has 1 amide bonds. The minimum absolute atomic E-state index is 0.0498. The lowest BCUT2D eigenvalue weighted by molar-refractivity contribution is 0.0690. The Morgan fingerprint density at radius 3 is 2.75 bits per heavy atom. The number of halogens is 1. The highest BCUT2D eigenvalue weighted by molar-refractivity contribution is 5.94. The minimum Gasteiger partial charge on any atom is -0.494 e. The van der Waals surface area contributed by atoms with E-state index in [2.05, 4.69) is 5.32 Å². The summed E-state index contributed by atoms with van der Waals surface area (Å²) in [4.78, 5) is 14.2. The predicted molar refractivity (Wildman–Crippen MR) is 75.5 cm³/mol. The predicted octanol–water partition coefficient (Wildman–Crippen LogP) is 1.91. The Morgan fingerprint density at radius 1 is 1.45 bits per heavy atom. The van der Waals surface area contributed by atoms with E-state index in [1.807, 2.05) is 11.9 Å². The first-order chi connectivity index (χ1) is 9.65. The van der Waals surface area contributed by atoms with Crippen LogP contribution in [-0.4, -0.2) is 44.6 Å². The zero-order valence-corrected chi connectivity index (χ0v) is 12.0. The summed E-state index contributed by atoms with van der Waals surface area (Å²) in [6.45, 7) is 2.50. The summed E-state index contributed by atoms with van der Waals surface area (Å²) in [5.74, 6) is 0.246. The van der Waals surface area contributed by atoms with Crippen LogP contribution in [0.1, 0.15) is 23.2 Å². The fourth-order valence-electron chi connectivity index (χ4n) is 2.60. The number of amides is 1. The van der Waals surface area contributed by atoms with Crippen LogP contribution in [0, 0.1) is 11.7 Å². The molecule has 1 aliphatic heterocycles. The van der Waals surface area contributed by atoms with Crippen molar-refractivity contribution in [1.82, 2.24) is 10.2 Å². The number of ether oxygens (including phenoxy) is 1. The molecule has 1 saturated heterocycles. The number of piperidine rings is 1. The molecule has 0 atom stereocenters. The number of hydrogen-bond donors (Lipinski definition) is 1. The molecule has 4 nitrogen and oxygen atoms in total. The van der Waals surface area contributed by atoms with Crippen molar-refractivity contribution in [3.8, 4) is 5.75 Å². The van der Waals surface area contributed by atoms with Crippen molar-refractivity contribution in [3.63, 3.8) is 0 Å². The van der Waals surface area contributed by atoms with E-state index < -0.39 is 5.82 Å². The molecule has 1 fully saturated rings. The standard InChI is InChI=1S/C15H21FN2O2/c1-17-10-11-5-7-18(8-6-11)15(19)12-3-4-13(16)14(9-12)20-2/h3-4,9,11,17H,5-8,10H2,1-2H3. The first-order valence-electron chi connectivity index (χ1n) is 6.93. The number of methoxy groups -OCH3 is 1. The Labute approximate surface area is 118 Å². The van der Waals surface area contributed by atoms with E-state index in [0.717, 1.165) is 32.5 Å². The molecule has 0 aliphatic carbocycles. The number of nitrogens with one attached hydrogen (secondary N) is 1. The highest BCUT2D eigenvalue weighted by Crippen LogP contribution is 2.22. The van der Waals surface area contributed by atoms with Crippen LogP contribution in [0.3, 0.4) is 0 Å². The number of hydrogen-bond acceptors (Lipinski definition) is 3. The van der Waals surface area contributed by atoms with Crippen molar-refractivity contribution >= 4 is 5.91 Å². The van der Waals surface area contributed by atoms with Crippen molar-refractivity contribution in [2.24, 2.45) is 5.92 Å². The van der Waals surface area contributed by atoms with Gasteiger partial charge in [0.1, 0.15) is 0 Å². The largest absolute Gasteiger partial charge is 0.494 e. The molecule has 110 valence electrons. The zero-order chi connectivity index (χ0) is 14.5. The molecule has 1 N–H and O–H groups in total. The van der Waals surface area contributed by atoms with E-state index in [1.54, 1.807) is 0 Å². The van der Waals surface area contributed by atoms with Gasteiger partial charge < -0.3 is 15.0 Å². The molecule has 0 bridgehead atoms. The SMILES string of the molecule is CNCC1CCN(C(=O)c2ccc(F)c(OC)c2)CC1. The fraction of sp³-hybridized carbons (Fsp3) is 0.533. The lowest BCUT2D eigenvalue weighted by Crippen LogP contribution is -2.40. The molecule has 0 saturated carbocycles. The molecule has 0 radical (unpaired) electrons. The molecule has 0 spiro atoms. The van der Waals surface area contributed by atoms with Gasteiger partial charge in [-0.25, -0.2) is 4.39 Å². The quantitative estimate of drug-likeness (QED) is 0.916. The van der Waals surface area contributed by atoms with Gasteiger partial charge in [0.15, 0.2) is 11.6 Å². The summed E-state index contributed by atoms with van der Waals surface area (Å²) in [7, 11) is 3.35. The van der Waals surface area contributed by atoms with Gasteiger partial charge >= 0.3 is 0 Å². The Kier molecular flexibility index (Phi) is 4.95. The van der Waals surface area contributed by atoms with E-state index in [4.69, 9.17) is 4.74 Å². The van der Waals surface area contributed by atoms with Crippen LogP contribution in [0.25, 0.3) is 0 Å². The lowest BCUT2D eigenvalue weighted by Gasteiger charge is -2.32. The summed E-state index contributed by atoms with van der Waals surface area (Å²) in [5.41, 5.74) is 0.482. The molecule has 20 heavy (non-hydrogen) atoms. The van der Waals surface area contributed by atoms with Crippen LogP contribution in [0.4, 0.5) is 4.39 Å². The first kappa shape index (κ1) is 14.8. The second-order valence-electron chi connectivity index (χ2n) is 5.14. The third-order valence-electron chi connectivity index (χ3n) is 3.79. The molecule has 1 heterocycles. The molecule has 0 aromatic heterocycles. The van der Waals surface area contributed by atoms with Crippen molar-refractivity contribution in [2.45, 2.75) is 12.8 Å². The highest BCUT2D eigenvalue weighted by Gasteiger charge is 2.23. The Bertz CT molecular complexity index is 471. The molecule has 0 unspecified atom stereocenters. The average molecular weight is 280 g/mol. The van der Waals surface area contributed by atoms with Gasteiger partial charge in [0.25, 0.3) is 5.91 Å². The van der Waals surface area contributed by atoms with Gasteiger partial charge in [-0.1, -0.05) is 0 Å².